The van der Waals surface area contributed by atoms with Crippen LogP contribution in [0.15, 0.2) is 94.8 Å². The second-order valence-electron chi connectivity index (χ2n) is 9.66. The Balaban J connectivity index is 1.36. The Hall–Kier alpha value is -4.28. The van der Waals surface area contributed by atoms with Crippen molar-refractivity contribution in [2.45, 2.75) is 31.2 Å². The molecule has 0 aliphatic carbocycles. The molecule has 41 heavy (non-hydrogen) atoms. The van der Waals surface area contributed by atoms with Crippen molar-refractivity contribution in [3.63, 3.8) is 0 Å². The molecule has 0 saturated carbocycles. The third-order valence-corrected chi connectivity index (χ3v) is 10.1. The van der Waals surface area contributed by atoms with E-state index < -0.39 is 21.9 Å². The lowest BCUT2D eigenvalue weighted by Gasteiger charge is -2.30. The number of para-hydroxylation sites is 1. The Kier molecular flexibility index (Phi) is 7.19. The van der Waals surface area contributed by atoms with E-state index in [4.69, 9.17) is 4.74 Å². The van der Waals surface area contributed by atoms with Crippen LogP contribution in [0.2, 0.25) is 0 Å². The van der Waals surface area contributed by atoms with Crippen LogP contribution >= 0.6 is 11.3 Å². The molecule has 208 valence electrons. The van der Waals surface area contributed by atoms with Crippen LogP contribution in [-0.2, 0) is 32.5 Å². The number of rotatable bonds is 6. The van der Waals surface area contributed by atoms with Gasteiger partial charge in [-0.1, -0.05) is 59.9 Å². The SMILES string of the molecule is CCOC(=O)Cn1c(=NC(=O)c2ccc(S(=O)(=O)N3CCCc4ccccc43)cc2)sc2c3ccccc3ccc21. The molecule has 0 radical (unpaired) electrons. The Morgan fingerprint density at radius 3 is 2.51 bits per heavy atom. The molecular formula is C31H27N3O5S2. The second-order valence-corrected chi connectivity index (χ2v) is 12.5. The van der Waals surface area contributed by atoms with Crippen molar-refractivity contribution < 1.29 is 22.7 Å². The van der Waals surface area contributed by atoms with Crippen LogP contribution < -0.4 is 9.11 Å². The van der Waals surface area contributed by atoms with Gasteiger partial charge in [0.2, 0.25) is 0 Å². The Labute approximate surface area is 241 Å². The number of aryl methyl sites for hydroxylation is 1. The number of anilines is 1. The first-order valence-corrected chi connectivity index (χ1v) is 15.6. The molecule has 5 aromatic rings. The summed E-state index contributed by atoms with van der Waals surface area (Å²) >= 11 is 1.32. The van der Waals surface area contributed by atoms with Gasteiger partial charge in [-0.2, -0.15) is 4.99 Å². The van der Waals surface area contributed by atoms with Gasteiger partial charge in [0.05, 0.1) is 27.4 Å². The number of benzene rings is 4. The van der Waals surface area contributed by atoms with Gasteiger partial charge in [-0.25, -0.2) is 8.42 Å². The third-order valence-electron chi connectivity index (χ3n) is 7.12. The molecule has 10 heteroatoms. The fraction of sp³-hybridized carbons (Fsp3) is 0.194. The molecule has 4 aromatic carbocycles. The van der Waals surface area contributed by atoms with Crippen LogP contribution in [0, 0.1) is 0 Å². The number of ether oxygens (including phenoxy) is 1. The summed E-state index contributed by atoms with van der Waals surface area (Å²) in [5.41, 5.74) is 2.71. The number of hydrogen-bond donors (Lipinski definition) is 0. The van der Waals surface area contributed by atoms with Crippen molar-refractivity contribution in [1.82, 2.24) is 4.57 Å². The van der Waals surface area contributed by atoms with Gasteiger partial charge < -0.3 is 9.30 Å². The normalized spacial score (nSPS) is 13.9. The molecule has 0 atom stereocenters. The van der Waals surface area contributed by atoms with Crippen LogP contribution in [0.4, 0.5) is 5.69 Å². The number of fused-ring (bicyclic) bond motifs is 4. The molecule has 0 N–H and O–H groups in total. The van der Waals surface area contributed by atoms with Crippen LogP contribution in [0.1, 0.15) is 29.3 Å². The number of aromatic nitrogens is 1. The van der Waals surface area contributed by atoms with Gasteiger partial charge >= 0.3 is 5.97 Å². The van der Waals surface area contributed by atoms with E-state index in [-0.39, 0.29) is 23.6 Å². The number of esters is 1. The van der Waals surface area contributed by atoms with Gasteiger partial charge in [0.15, 0.2) is 4.80 Å². The van der Waals surface area contributed by atoms with E-state index in [0.717, 1.165) is 39.4 Å². The molecule has 1 aromatic heterocycles. The zero-order valence-electron chi connectivity index (χ0n) is 22.3. The van der Waals surface area contributed by atoms with Crippen molar-refractivity contribution in [3.8, 4) is 0 Å². The van der Waals surface area contributed by atoms with E-state index in [2.05, 4.69) is 4.99 Å². The van der Waals surface area contributed by atoms with Gasteiger partial charge in [0.25, 0.3) is 15.9 Å². The summed E-state index contributed by atoms with van der Waals surface area (Å²) in [6.45, 7) is 2.29. The number of thiazole rings is 1. The maximum Gasteiger partial charge on any atom is 0.326 e. The highest BCUT2D eigenvalue weighted by Gasteiger charge is 2.29. The molecule has 1 amide bonds. The fourth-order valence-corrected chi connectivity index (χ4v) is 7.87. The first kappa shape index (κ1) is 26.9. The molecule has 0 saturated heterocycles. The van der Waals surface area contributed by atoms with E-state index in [9.17, 15) is 18.0 Å². The summed E-state index contributed by atoms with van der Waals surface area (Å²) in [5, 5.41) is 2.03. The summed E-state index contributed by atoms with van der Waals surface area (Å²) in [4.78, 5) is 30.6. The lowest BCUT2D eigenvalue weighted by Crippen LogP contribution is -2.35. The smallest absolute Gasteiger partial charge is 0.326 e. The highest BCUT2D eigenvalue weighted by molar-refractivity contribution is 7.92. The zero-order chi connectivity index (χ0) is 28.6. The lowest BCUT2D eigenvalue weighted by atomic mass is 10.0. The zero-order valence-corrected chi connectivity index (χ0v) is 24.0. The topological polar surface area (TPSA) is 98.0 Å². The number of hydrogen-bond acceptors (Lipinski definition) is 6. The number of nitrogens with zero attached hydrogens (tertiary/aromatic N) is 3. The number of sulfonamides is 1. The van der Waals surface area contributed by atoms with Crippen molar-refractivity contribution >= 4 is 59.9 Å². The highest BCUT2D eigenvalue weighted by Crippen LogP contribution is 2.32. The summed E-state index contributed by atoms with van der Waals surface area (Å²) < 4.78 is 36.2. The molecular weight excluding hydrogens is 558 g/mol. The van der Waals surface area contributed by atoms with Gasteiger partial charge in [-0.15, -0.1) is 0 Å². The lowest BCUT2D eigenvalue weighted by molar-refractivity contribution is -0.143. The molecule has 0 fully saturated rings. The van der Waals surface area contributed by atoms with E-state index >= 15 is 0 Å². The summed E-state index contributed by atoms with van der Waals surface area (Å²) in [5.74, 6) is -0.964. The van der Waals surface area contributed by atoms with Crippen molar-refractivity contribution in [2.75, 3.05) is 17.5 Å². The minimum Gasteiger partial charge on any atom is -0.465 e. The molecule has 0 bridgehead atoms. The molecule has 2 heterocycles. The maximum atomic E-state index is 13.5. The summed E-state index contributed by atoms with van der Waals surface area (Å²) in [6.07, 6.45) is 1.57. The van der Waals surface area contributed by atoms with Gasteiger partial charge in [0.1, 0.15) is 6.54 Å². The fourth-order valence-electron chi connectivity index (χ4n) is 5.17. The number of carbonyl (C=O) groups excluding carboxylic acids is 2. The Morgan fingerprint density at radius 1 is 0.951 bits per heavy atom. The number of carbonyl (C=O) groups is 2. The Morgan fingerprint density at radius 2 is 1.71 bits per heavy atom. The third kappa shape index (κ3) is 5.05. The summed E-state index contributed by atoms with van der Waals surface area (Å²) in [7, 11) is -3.80. The predicted molar refractivity (Wildman–Crippen MR) is 160 cm³/mol. The second kappa shape index (κ2) is 10.9. The van der Waals surface area contributed by atoms with Crippen LogP contribution in [0.25, 0.3) is 21.0 Å². The standard InChI is InChI=1S/C31H27N3O5S2/c1-2-39-28(35)20-33-27-18-15-21-8-3-5-11-25(21)29(27)40-31(33)32-30(36)23-13-16-24(17-14-23)41(37,38)34-19-7-10-22-9-4-6-12-26(22)34/h3-6,8-9,11-18H,2,7,10,19-20H2,1H3. The first-order chi connectivity index (χ1) is 19.9. The average molecular weight is 586 g/mol. The van der Waals surface area contributed by atoms with Gasteiger partial charge in [0, 0.05) is 17.5 Å². The summed E-state index contributed by atoms with van der Waals surface area (Å²) in [6, 6.07) is 25.1. The number of amides is 1. The van der Waals surface area contributed by atoms with E-state index in [1.165, 1.54) is 39.9 Å². The van der Waals surface area contributed by atoms with Crippen molar-refractivity contribution in [2.24, 2.45) is 4.99 Å². The minimum atomic E-state index is -3.80. The average Bonchev–Trinajstić information content (AvgIpc) is 3.33. The monoisotopic (exact) mass is 585 g/mol. The van der Waals surface area contributed by atoms with E-state index in [1.54, 1.807) is 11.5 Å². The molecule has 0 spiro atoms. The maximum absolute atomic E-state index is 13.5. The molecule has 1 aliphatic heterocycles. The van der Waals surface area contributed by atoms with Crippen LogP contribution in [-0.4, -0.2) is 38.0 Å². The van der Waals surface area contributed by atoms with E-state index in [1.807, 2.05) is 60.7 Å². The molecule has 6 rings (SSSR count). The van der Waals surface area contributed by atoms with Crippen molar-refractivity contribution in [3.05, 3.63) is 101 Å². The quantitative estimate of drug-likeness (QED) is 0.252. The Bertz CT molecular complexity index is 1980. The van der Waals surface area contributed by atoms with Crippen molar-refractivity contribution in [1.29, 1.82) is 0 Å². The molecule has 1 aliphatic rings. The molecule has 0 unspecified atom stereocenters. The van der Waals surface area contributed by atoms with E-state index in [0.29, 0.717) is 17.0 Å². The predicted octanol–water partition coefficient (Wildman–Crippen LogP) is 5.30. The molecule has 8 nitrogen and oxygen atoms in total. The largest absolute Gasteiger partial charge is 0.465 e. The highest BCUT2D eigenvalue weighted by atomic mass is 32.2. The van der Waals surface area contributed by atoms with Gasteiger partial charge in [-0.05, 0) is 67.1 Å². The van der Waals surface area contributed by atoms with Crippen LogP contribution in [0.5, 0.6) is 0 Å². The minimum absolute atomic E-state index is 0.0905. The van der Waals surface area contributed by atoms with Crippen LogP contribution in [0.3, 0.4) is 0 Å². The van der Waals surface area contributed by atoms with Gasteiger partial charge in [-0.3, -0.25) is 13.9 Å². The first-order valence-electron chi connectivity index (χ1n) is 13.3.